The van der Waals surface area contributed by atoms with E-state index in [0.29, 0.717) is 14.9 Å². The summed E-state index contributed by atoms with van der Waals surface area (Å²) in [5.74, 6) is -1.79. The van der Waals surface area contributed by atoms with Crippen molar-refractivity contribution in [3.8, 4) is 0 Å². The van der Waals surface area contributed by atoms with Crippen LogP contribution in [0.5, 0.6) is 0 Å². The van der Waals surface area contributed by atoms with Gasteiger partial charge in [0.05, 0.1) is 15.6 Å². The summed E-state index contributed by atoms with van der Waals surface area (Å²) >= 11 is 12.2. The molecule has 1 atom stereocenters. The molecule has 192 valence electrons. The van der Waals surface area contributed by atoms with Gasteiger partial charge >= 0.3 is 0 Å². The minimum atomic E-state index is -4.18. The zero-order valence-electron chi connectivity index (χ0n) is 19.7. The molecule has 1 aliphatic heterocycles. The fourth-order valence-corrected chi connectivity index (χ4v) is 6.43. The Kier molecular flexibility index (Phi) is 7.92. The number of nitrogens with one attached hydrogen (secondary N) is 1. The number of fused-ring (bicyclic) bond motifs is 1. The molecule has 2 aliphatic rings. The molecule has 11 heteroatoms. The molecule has 36 heavy (non-hydrogen) atoms. The summed E-state index contributed by atoms with van der Waals surface area (Å²) in [6.07, 6.45) is 4.93. The number of amides is 3. The molecular weight excluding hydrogens is 525 g/mol. The molecule has 2 aromatic rings. The first-order valence-corrected chi connectivity index (χ1v) is 14.0. The number of hydrogen-bond acceptors (Lipinski definition) is 5. The summed E-state index contributed by atoms with van der Waals surface area (Å²) in [6.45, 7) is 0.838. The molecule has 1 N–H and O–H groups in total. The third kappa shape index (κ3) is 5.38. The molecule has 2 aromatic carbocycles. The Hall–Kier alpha value is -2.62. The van der Waals surface area contributed by atoms with Gasteiger partial charge in [-0.2, -0.15) is 0 Å². The highest BCUT2D eigenvalue weighted by atomic mass is 35.5. The van der Waals surface area contributed by atoms with Gasteiger partial charge in [-0.1, -0.05) is 60.7 Å². The molecule has 0 saturated heterocycles. The Balaban J connectivity index is 1.58. The number of sulfonamides is 1. The number of nitrogens with zero attached hydrogens (tertiary/aromatic N) is 2. The molecule has 0 spiro atoms. The number of carbonyl (C=O) groups is 3. The zero-order valence-corrected chi connectivity index (χ0v) is 22.1. The number of halogens is 2. The second-order valence-corrected chi connectivity index (χ2v) is 11.7. The molecular formula is C25H27Cl2N3O5S. The van der Waals surface area contributed by atoms with Crippen molar-refractivity contribution in [1.82, 2.24) is 14.5 Å². The van der Waals surface area contributed by atoms with E-state index in [0.717, 1.165) is 32.1 Å². The summed E-state index contributed by atoms with van der Waals surface area (Å²) in [5, 5.41) is 3.64. The minimum Gasteiger partial charge on any atom is -0.352 e. The van der Waals surface area contributed by atoms with Crippen molar-refractivity contribution in [2.24, 2.45) is 0 Å². The van der Waals surface area contributed by atoms with E-state index in [9.17, 15) is 22.8 Å². The molecule has 0 bridgehead atoms. The van der Waals surface area contributed by atoms with Crippen LogP contribution in [-0.2, 0) is 26.2 Å². The van der Waals surface area contributed by atoms with Crippen LogP contribution in [0.2, 0.25) is 10.0 Å². The summed E-state index contributed by atoms with van der Waals surface area (Å²) < 4.78 is 26.5. The maximum Gasteiger partial charge on any atom is 0.269 e. The van der Waals surface area contributed by atoms with Crippen LogP contribution in [0, 0.1) is 0 Å². The van der Waals surface area contributed by atoms with Crippen LogP contribution in [0.25, 0.3) is 0 Å². The predicted molar refractivity (Wildman–Crippen MR) is 136 cm³/mol. The van der Waals surface area contributed by atoms with Crippen LogP contribution in [0.4, 0.5) is 0 Å². The van der Waals surface area contributed by atoms with Crippen molar-refractivity contribution < 1.29 is 22.8 Å². The van der Waals surface area contributed by atoms with Gasteiger partial charge in [0.1, 0.15) is 17.5 Å². The number of rotatable bonds is 7. The summed E-state index contributed by atoms with van der Waals surface area (Å²) in [6, 6.07) is 9.78. The maximum atomic E-state index is 13.5. The fraction of sp³-hybridized carbons (Fsp3) is 0.400. The molecule has 1 heterocycles. The van der Waals surface area contributed by atoms with E-state index < -0.39 is 34.4 Å². The Morgan fingerprint density at radius 2 is 1.78 bits per heavy atom. The van der Waals surface area contributed by atoms with E-state index in [4.69, 9.17) is 23.2 Å². The average molecular weight is 552 g/mol. The van der Waals surface area contributed by atoms with Gasteiger partial charge in [0.25, 0.3) is 15.9 Å². The lowest BCUT2D eigenvalue weighted by molar-refractivity contribution is -0.140. The largest absolute Gasteiger partial charge is 0.352 e. The number of hydrogen-bond donors (Lipinski definition) is 1. The zero-order chi connectivity index (χ0) is 26.0. The molecule has 8 nitrogen and oxygen atoms in total. The van der Waals surface area contributed by atoms with Crippen molar-refractivity contribution in [2.75, 3.05) is 6.54 Å². The van der Waals surface area contributed by atoms with Crippen molar-refractivity contribution >= 4 is 50.9 Å². The quantitative estimate of drug-likeness (QED) is 0.559. The van der Waals surface area contributed by atoms with E-state index in [2.05, 4.69) is 5.32 Å². The SMILES string of the molecule is C[C@@H](C(=O)NC1CCCCC1)N(Cc1ccc(Cl)c(Cl)c1)C(=O)CN1C(=O)c2ccccc2S1(=O)=O. The highest BCUT2D eigenvalue weighted by Crippen LogP contribution is 2.30. The fourth-order valence-electron chi connectivity index (χ4n) is 4.59. The third-order valence-electron chi connectivity index (χ3n) is 6.65. The third-order valence-corrected chi connectivity index (χ3v) is 9.17. The van der Waals surface area contributed by atoms with Crippen LogP contribution in [0.1, 0.15) is 54.9 Å². The van der Waals surface area contributed by atoms with E-state index >= 15 is 0 Å². The Morgan fingerprint density at radius 3 is 2.44 bits per heavy atom. The van der Waals surface area contributed by atoms with Gasteiger partial charge in [-0.15, -0.1) is 0 Å². The van der Waals surface area contributed by atoms with Gasteiger partial charge in [-0.3, -0.25) is 14.4 Å². The van der Waals surface area contributed by atoms with Crippen LogP contribution >= 0.6 is 23.2 Å². The summed E-state index contributed by atoms with van der Waals surface area (Å²) in [5.41, 5.74) is 0.624. The average Bonchev–Trinajstić information content (AvgIpc) is 3.05. The standard InChI is InChI=1S/C25H27Cl2N3O5S/c1-16(24(32)28-18-7-3-2-4-8-18)29(14-17-11-12-20(26)21(27)13-17)23(31)15-30-25(33)19-9-5-6-10-22(19)36(30,34)35/h5-6,9-13,16,18H,2-4,7-8,14-15H2,1H3,(H,28,32)/t16-/m0/s1. The van der Waals surface area contributed by atoms with Crippen LogP contribution in [-0.4, -0.2) is 54.0 Å². The Labute approximate surface area is 220 Å². The van der Waals surface area contributed by atoms with E-state index in [1.54, 1.807) is 31.2 Å². The molecule has 1 saturated carbocycles. The topological polar surface area (TPSA) is 104 Å². The van der Waals surface area contributed by atoms with Crippen LogP contribution in [0.15, 0.2) is 47.4 Å². The second-order valence-electron chi connectivity index (χ2n) is 9.10. The molecule has 0 radical (unpaired) electrons. The summed E-state index contributed by atoms with van der Waals surface area (Å²) in [7, 11) is -4.18. The molecule has 0 unspecified atom stereocenters. The highest BCUT2D eigenvalue weighted by Gasteiger charge is 2.43. The first-order chi connectivity index (χ1) is 17.1. The predicted octanol–water partition coefficient (Wildman–Crippen LogP) is 4.00. The highest BCUT2D eigenvalue weighted by molar-refractivity contribution is 7.90. The van der Waals surface area contributed by atoms with Gasteiger partial charge in [-0.25, -0.2) is 12.7 Å². The van der Waals surface area contributed by atoms with E-state index in [-0.39, 0.29) is 34.0 Å². The first kappa shape index (κ1) is 26.4. The van der Waals surface area contributed by atoms with Crippen molar-refractivity contribution in [1.29, 1.82) is 0 Å². The van der Waals surface area contributed by atoms with Crippen molar-refractivity contribution in [3.05, 3.63) is 63.6 Å². The Bertz CT molecular complexity index is 1290. The van der Waals surface area contributed by atoms with E-state index in [1.807, 2.05) is 0 Å². The molecule has 4 rings (SSSR count). The second kappa shape index (κ2) is 10.8. The molecule has 1 aliphatic carbocycles. The van der Waals surface area contributed by atoms with Crippen LogP contribution in [0.3, 0.4) is 0 Å². The smallest absolute Gasteiger partial charge is 0.269 e. The Morgan fingerprint density at radius 1 is 1.08 bits per heavy atom. The lowest BCUT2D eigenvalue weighted by atomic mass is 9.95. The minimum absolute atomic E-state index is 0.0180. The van der Waals surface area contributed by atoms with Gasteiger partial charge < -0.3 is 10.2 Å². The lowest BCUT2D eigenvalue weighted by Crippen LogP contribution is -2.52. The monoisotopic (exact) mass is 551 g/mol. The van der Waals surface area contributed by atoms with Gasteiger partial charge in [0.2, 0.25) is 11.8 Å². The molecule has 1 fully saturated rings. The van der Waals surface area contributed by atoms with Crippen LogP contribution < -0.4 is 5.32 Å². The normalized spacial score (nSPS) is 18.0. The van der Waals surface area contributed by atoms with Crippen molar-refractivity contribution in [2.45, 2.75) is 62.6 Å². The lowest BCUT2D eigenvalue weighted by Gasteiger charge is -2.32. The van der Waals surface area contributed by atoms with Gasteiger partial charge in [-0.05, 0) is 49.6 Å². The first-order valence-electron chi connectivity index (χ1n) is 11.8. The maximum absolute atomic E-state index is 13.5. The number of carbonyl (C=O) groups excluding carboxylic acids is 3. The molecule has 3 amide bonds. The number of benzene rings is 2. The summed E-state index contributed by atoms with van der Waals surface area (Å²) in [4.78, 5) is 40.6. The molecule has 0 aromatic heterocycles. The van der Waals surface area contributed by atoms with Crippen molar-refractivity contribution in [3.63, 3.8) is 0 Å². The van der Waals surface area contributed by atoms with Gasteiger partial charge in [0, 0.05) is 12.6 Å². The van der Waals surface area contributed by atoms with Gasteiger partial charge in [0.15, 0.2) is 0 Å². The van der Waals surface area contributed by atoms with E-state index in [1.165, 1.54) is 23.1 Å².